The summed E-state index contributed by atoms with van der Waals surface area (Å²) in [6.07, 6.45) is -5.32. The molecule has 4 aromatic rings. The molecule has 21 heteroatoms. The van der Waals surface area contributed by atoms with Crippen molar-refractivity contribution in [2.45, 2.75) is 38.0 Å². The Labute approximate surface area is 258 Å². The largest absolute Gasteiger partial charge is 0.453 e. The van der Waals surface area contributed by atoms with E-state index in [2.05, 4.69) is 30.6 Å². The van der Waals surface area contributed by atoms with Gasteiger partial charge in [0.25, 0.3) is 21.8 Å². The number of hydrogen-bond acceptors (Lipinski definition) is 12. The maximum atomic E-state index is 12.9. The molecule has 2 aliphatic rings. The van der Waals surface area contributed by atoms with Crippen molar-refractivity contribution in [3.8, 4) is 0 Å². The van der Waals surface area contributed by atoms with E-state index in [9.17, 15) is 34.8 Å². The number of hydrogen-bond donors (Lipinski definition) is 1. The third kappa shape index (κ3) is 7.92. The Morgan fingerprint density at radius 3 is 1.52 bits per heavy atom. The number of aromatic nitrogens is 8. The smallest absolute Gasteiger partial charge is 0.396 e. The number of halogens is 6. The molecule has 0 spiro atoms. The van der Waals surface area contributed by atoms with Gasteiger partial charge in [-0.1, -0.05) is 0 Å². The van der Waals surface area contributed by atoms with Gasteiger partial charge in [-0.3, -0.25) is 4.18 Å². The molecule has 0 unspecified atom stereocenters. The summed E-state index contributed by atoms with van der Waals surface area (Å²) >= 11 is 0. The molecule has 4 aromatic heterocycles. The standard InChI is InChI=1S/C13H16F3N5O3S.C12H14F3N5O/c1-25(22,23)24-8-9-4-6-20(7-5-9)11-3-2-10-17-18-12(13(14,15)16)21(10)19-11;13-12(14,15)11-17-16-9-1-2-10(18-20(9)11)19-5-3-8(7-21)4-6-19/h2-3,9H,4-8H2,1H3;1-2,8,21H,3-7H2. The van der Waals surface area contributed by atoms with Crippen LogP contribution in [-0.4, -0.2) is 98.8 Å². The molecule has 0 aromatic carbocycles. The summed E-state index contributed by atoms with van der Waals surface area (Å²) in [6.45, 7) is 2.66. The Morgan fingerprint density at radius 1 is 0.739 bits per heavy atom. The number of aliphatic hydroxyl groups is 1. The maximum Gasteiger partial charge on any atom is 0.453 e. The number of aliphatic hydroxyl groups excluding tert-OH is 1. The van der Waals surface area contributed by atoms with Crippen molar-refractivity contribution in [1.82, 2.24) is 39.6 Å². The Bertz CT molecular complexity index is 1750. The summed E-state index contributed by atoms with van der Waals surface area (Å²) in [5.74, 6) is -1.10. The van der Waals surface area contributed by atoms with Gasteiger partial charge >= 0.3 is 12.4 Å². The average Bonchev–Trinajstić information content (AvgIpc) is 3.64. The second-order valence-electron chi connectivity index (χ2n) is 11.0. The van der Waals surface area contributed by atoms with E-state index in [4.69, 9.17) is 9.29 Å². The van der Waals surface area contributed by atoms with Crippen LogP contribution in [0, 0.1) is 11.8 Å². The van der Waals surface area contributed by atoms with Crippen LogP contribution in [0.25, 0.3) is 11.3 Å². The quantitative estimate of drug-likeness (QED) is 0.235. The number of fused-ring (bicyclic) bond motifs is 2. The Balaban J connectivity index is 0.000000184. The monoisotopic (exact) mass is 680 g/mol. The third-order valence-corrected chi connectivity index (χ3v) is 8.22. The Hall–Kier alpha value is -3.85. The lowest BCUT2D eigenvalue weighted by Gasteiger charge is -2.32. The summed E-state index contributed by atoms with van der Waals surface area (Å²) in [7, 11) is -3.48. The highest BCUT2D eigenvalue weighted by atomic mass is 32.2. The van der Waals surface area contributed by atoms with E-state index < -0.39 is 34.1 Å². The lowest BCUT2D eigenvalue weighted by Crippen LogP contribution is -2.36. The molecule has 0 radical (unpaired) electrons. The molecule has 0 bridgehead atoms. The van der Waals surface area contributed by atoms with E-state index in [1.165, 1.54) is 12.1 Å². The topological polar surface area (TPSA) is 156 Å². The predicted molar refractivity (Wildman–Crippen MR) is 149 cm³/mol. The van der Waals surface area contributed by atoms with Gasteiger partial charge in [-0.05, 0) is 61.8 Å². The van der Waals surface area contributed by atoms with Crippen molar-refractivity contribution in [2.24, 2.45) is 11.8 Å². The zero-order valence-corrected chi connectivity index (χ0v) is 25.2. The molecule has 2 fully saturated rings. The van der Waals surface area contributed by atoms with Crippen molar-refractivity contribution in [3.63, 3.8) is 0 Å². The zero-order valence-electron chi connectivity index (χ0n) is 24.4. The van der Waals surface area contributed by atoms with Gasteiger partial charge in [0.15, 0.2) is 11.3 Å². The van der Waals surface area contributed by atoms with Crippen LogP contribution in [0.2, 0.25) is 0 Å². The molecule has 0 amide bonds. The minimum absolute atomic E-state index is 0.0208. The lowest BCUT2D eigenvalue weighted by molar-refractivity contribution is -0.147. The number of piperidine rings is 2. The number of rotatable bonds is 6. The highest BCUT2D eigenvalue weighted by Gasteiger charge is 2.39. The fourth-order valence-electron chi connectivity index (χ4n) is 5.14. The van der Waals surface area contributed by atoms with Gasteiger partial charge in [-0.15, -0.1) is 30.6 Å². The van der Waals surface area contributed by atoms with E-state index in [1.807, 2.05) is 9.80 Å². The van der Waals surface area contributed by atoms with Crippen LogP contribution in [-0.2, 0) is 26.7 Å². The summed E-state index contributed by atoms with van der Waals surface area (Å²) < 4.78 is 105. The molecule has 6 rings (SSSR count). The van der Waals surface area contributed by atoms with Gasteiger partial charge in [0.1, 0.15) is 11.6 Å². The zero-order chi connectivity index (χ0) is 33.3. The second-order valence-corrected chi connectivity index (χ2v) is 12.6. The van der Waals surface area contributed by atoms with E-state index in [0.29, 0.717) is 55.2 Å². The fourth-order valence-corrected chi connectivity index (χ4v) is 5.58. The molecule has 2 saturated heterocycles. The van der Waals surface area contributed by atoms with Gasteiger partial charge in [0, 0.05) is 32.8 Å². The van der Waals surface area contributed by atoms with E-state index >= 15 is 0 Å². The van der Waals surface area contributed by atoms with Crippen LogP contribution in [0.1, 0.15) is 37.3 Å². The van der Waals surface area contributed by atoms with Crippen molar-refractivity contribution >= 4 is 33.0 Å². The molecule has 1 N–H and O–H groups in total. The van der Waals surface area contributed by atoms with Crippen LogP contribution in [0.4, 0.5) is 38.0 Å². The molecule has 2 aliphatic heterocycles. The molecule has 0 saturated carbocycles. The molecule has 46 heavy (non-hydrogen) atoms. The highest BCUT2D eigenvalue weighted by Crippen LogP contribution is 2.30. The van der Waals surface area contributed by atoms with Crippen molar-refractivity contribution in [3.05, 3.63) is 35.9 Å². The Kier molecular flexibility index (Phi) is 9.55. The average molecular weight is 681 g/mol. The first-order valence-corrected chi connectivity index (χ1v) is 16.0. The minimum atomic E-state index is -4.64. The molecular formula is C25H30F6N10O4S. The third-order valence-electron chi connectivity index (χ3n) is 7.66. The van der Waals surface area contributed by atoms with Crippen LogP contribution < -0.4 is 9.80 Å². The van der Waals surface area contributed by atoms with Gasteiger partial charge in [-0.25, -0.2) is 0 Å². The van der Waals surface area contributed by atoms with E-state index in [0.717, 1.165) is 23.6 Å². The van der Waals surface area contributed by atoms with E-state index in [1.54, 1.807) is 12.1 Å². The number of alkyl halides is 6. The van der Waals surface area contributed by atoms with Crippen molar-refractivity contribution in [2.75, 3.05) is 55.4 Å². The second kappa shape index (κ2) is 13.1. The lowest BCUT2D eigenvalue weighted by atomic mass is 9.98. The van der Waals surface area contributed by atoms with Crippen LogP contribution in [0.15, 0.2) is 24.3 Å². The van der Waals surface area contributed by atoms with Gasteiger partial charge in [0.2, 0.25) is 0 Å². The normalized spacial score (nSPS) is 17.5. The van der Waals surface area contributed by atoms with Crippen molar-refractivity contribution in [1.29, 1.82) is 0 Å². The van der Waals surface area contributed by atoms with Crippen LogP contribution in [0.3, 0.4) is 0 Å². The number of anilines is 2. The van der Waals surface area contributed by atoms with Gasteiger partial charge in [0.05, 0.1) is 12.9 Å². The molecule has 252 valence electrons. The molecule has 0 aliphatic carbocycles. The highest BCUT2D eigenvalue weighted by molar-refractivity contribution is 7.85. The van der Waals surface area contributed by atoms with E-state index in [-0.39, 0.29) is 36.3 Å². The minimum Gasteiger partial charge on any atom is -0.396 e. The van der Waals surface area contributed by atoms with Crippen LogP contribution in [0.5, 0.6) is 0 Å². The molecule has 14 nitrogen and oxygen atoms in total. The van der Waals surface area contributed by atoms with Gasteiger partial charge < -0.3 is 14.9 Å². The molecular weight excluding hydrogens is 650 g/mol. The number of nitrogens with zero attached hydrogens (tertiary/aromatic N) is 10. The first-order chi connectivity index (χ1) is 21.6. The SMILES string of the molecule is CS(=O)(=O)OCC1CCN(c2ccc3nnc(C(F)(F)F)n3n2)CC1.OCC1CCN(c2ccc3nnc(C(F)(F)F)n3n2)CC1. The predicted octanol–water partition coefficient (Wildman–Crippen LogP) is 2.69. The maximum absolute atomic E-state index is 12.9. The summed E-state index contributed by atoms with van der Waals surface area (Å²) in [5.41, 5.74) is 0.0869. The first-order valence-electron chi connectivity index (χ1n) is 14.2. The Morgan fingerprint density at radius 2 is 1.15 bits per heavy atom. The summed E-state index contributed by atoms with van der Waals surface area (Å²) in [6, 6.07) is 6.15. The first kappa shape index (κ1) is 33.5. The van der Waals surface area contributed by atoms with Gasteiger partial charge in [-0.2, -0.15) is 43.8 Å². The van der Waals surface area contributed by atoms with Crippen molar-refractivity contribution < 1.29 is 44.0 Å². The summed E-state index contributed by atoms with van der Waals surface area (Å²) in [5, 5.41) is 30.4. The fraction of sp³-hybridized carbons (Fsp3) is 0.600. The summed E-state index contributed by atoms with van der Waals surface area (Å²) in [4.78, 5) is 3.75. The molecule has 0 atom stereocenters. The van der Waals surface area contributed by atoms with Crippen LogP contribution >= 0.6 is 0 Å². The molecule has 6 heterocycles.